The highest BCUT2D eigenvalue weighted by Gasteiger charge is 2.58. The van der Waals surface area contributed by atoms with Crippen molar-refractivity contribution in [2.75, 3.05) is 26.5 Å². The molecule has 2 N–H and O–H groups in total. The van der Waals surface area contributed by atoms with Crippen molar-refractivity contribution in [2.45, 2.75) is 30.2 Å². The van der Waals surface area contributed by atoms with Crippen LogP contribution in [0.4, 0.5) is 0 Å². The van der Waals surface area contributed by atoms with Gasteiger partial charge in [-0.25, -0.2) is 0 Å². The number of rotatable bonds is 3. The summed E-state index contributed by atoms with van der Waals surface area (Å²) in [5.74, 6) is 0. The predicted molar refractivity (Wildman–Crippen MR) is 72.8 cm³/mol. The number of hydrogen-bond donors (Lipinski definition) is 2. The maximum Gasteiger partial charge on any atom is 0.328 e. The van der Waals surface area contributed by atoms with Crippen LogP contribution in [0, 0.1) is 0 Å². The van der Waals surface area contributed by atoms with E-state index in [1.54, 1.807) is 7.85 Å². The third kappa shape index (κ3) is 3.21. The average Bonchev–Trinajstić information content (AvgIpc) is 2.59. The minimum absolute atomic E-state index is 0.104. The van der Waals surface area contributed by atoms with Crippen molar-refractivity contribution in [1.29, 1.82) is 0 Å². The highest BCUT2D eigenvalue weighted by molar-refractivity contribution is 7.53. The fraction of sp³-hybridized carbons (Fsp3) is 1.00. The molecule has 0 aromatic heterocycles. The summed E-state index contributed by atoms with van der Waals surface area (Å²) in [4.78, 5) is 9.41. The third-order valence-electron chi connectivity index (χ3n) is 3.70. The monoisotopic (exact) mass is 328 g/mol. The molecule has 2 aliphatic rings. The molecule has 0 bridgehead atoms. The summed E-state index contributed by atoms with van der Waals surface area (Å²) < 4.78 is 44.3. The zero-order valence-electron chi connectivity index (χ0n) is 11.6. The first-order valence-corrected chi connectivity index (χ1v) is 10.00. The van der Waals surface area contributed by atoms with E-state index < -0.39 is 39.0 Å². The molecule has 2 aliphatic heterocycles. The minimum Gasteiger partial charge on any atom is -0.388 e. The van der Waals surface area contributed by atoms with Gasteiger partial charge in [-0.1, -0.05) is 0 Å². The summed E-state index contributed by atoms with van der Waals surface area (Å²) in [5.41, 5.74) is -1.08. The van der Waals surface area contributed by atoms with Crippen LogP contribution in [0.15, 0.2) is 0 Å². The van der Waals surface area contributed by atoms with Gasteiger partial charge in [0, 0.05) is 13.8 Å². The van der Waals surface area contributed by atoms with E-state index in [4.69, 9.17) is 18.3 Å². The highest BCUT2D eigenvalue weighted by atomic mass is 31.2. The van der Waals surface area contributed by atoms with Crippen molar-refractivity contribution in [3.05, 3.63) is 0 Å². The van der Waals surface area contributed by atoms with Crippen LogP contribution in [-0.2, 0) is 27.4 Å². The van der Waals surface area contributed by atoms with Gasteiger partial charge >= 0.3 is 15.2 Å². The Balaban J connectivity index is 2.22. The first kappa shape index (κ1) is 16.7. The topological polar surface area (TPSA) is 112 Å². The summed E-state index contributed by atoms with van der Waals surface area (Å²) in [6.07, 6.45) is -1.88. The van der Waals surface area contributed by atoms with Crippen molar-refractivity contribution in [3.8, 4) is 0 Å². The zero-order valence-corrected chi connectivity index (χ0v) is 13.4. The van der Waals surface area contributed by atoms with Gasteiger partial charge in [0.25, 0.3) is 0 Å². The molecule has 2 fully saturated rings. The Labute approximate surface area is 118 Å². The van der Waals surface area contributed by atoms with Crippen LogP contribution in [0.5, 0.6) is 0 Å². The Bertz CT molecular complexity index is 459. The molecule has 0 aromatic carbocycles. The summed E-state index contributed by atoms with van der Waals surface area (Å²) in [6.45, 7) is 1.09. The quantitative estimate of drug-likeness (QED) is 0.529. The standard InChI is InChI=1S/C9H19BO8P2/c1-15-19(2,12)18-7-6(11)8(10)17-9(7)3-4-20(13,14)16-5-9/h6-8,11H,3-5,10H2,1-2H3,(H,13,14)/t6-,7?,8+,9-,19?/m0/s1. The van der Waals surface area contributed by atoms with E-state index in [0.29, 0.717) is 0 Å². The first-order valence-electron chi connectivity index (χ1n) is 6.25. The van der Waals surface area contributed by atoms with Gasteiger partial charge in [-0.3, -0.25) is 13.7 Å². The van der Waals surface area contributed by atoms with Crippen molar-refractivity contribution >= 4 is 23.0 Å². The second-order valence-electron chi connectivity index (χ2n) is 5.24. The Morgan fingerprint density at radius 3 is 2.70 bits per heavy atom. The van der Waals surface area contributed by atoms with Gasteiger partial charge < -0.3 is 23.8 Å². The van der Waals surface area contributed by atoms with Crippen LogP contribution < -0.4 is 0 Å². The molecular formula is C9H19BO8P2. The Morgan fingerprint density at radius 2 is 2.20 bits per heavy atom. The van der Waals surface area contributed by atoms with E-state index in [9.17, 15) is 19.1 Å². The fourth-order valence-corrected chi connectivity index (χ4v) is 4.49. The number of hydrogen-bond acceptors (Lipinski definition) is 7. The second-order valence-corrected chi connectivity index (χ2v) is 9.34. The van der Waals surface area contributed by atoms with Gasteiger partial charge in [0.1, 0.15) is 25.7 Å². The normalized spacial score (nSPS) is 48.3. The summed E-state index contributed by atoms with van der Waals surface area (Å²) in [7, 11) is -4.05. The lowest BCUT2D eigenvalue weighted by Gasteiger charge is -2.39. The Hall–Kier alpha value is 0.285. The van der Waals surface area contributed by atoms with Gasteiger partial charge in [-0.15, -0.1) is 0 Å². The number of ether oxygens (including phenoxy) is 1. The minimum atomic E-state index is -3.61. The van der Waals surface area contributed by atoms with Crippen LogP contribution in [0.2, 0.25) is 0 Å². The SMILES string of the molecule is B[C@@H]1O[C@]2(CCP(=O)(O)OC2)C(OP(C)(=O)OC)[C@@H]1O. The maximum absolute atomic E-state index is 12.0. The van der Waals surface area contributed by atoms with Crippen LogP contribution in [-0.4, -0.2) is 68.2 Å². The van der Waals surface area contributed by atoms with Gasteiger partial charge in [0.05, 0.1) is 18.8 Å². The molecule has 2 heterocycles. The lowest BCUT2D eigenvalue weighted by molar-refractivity contribution is -0.0992. The van der Waals surface area contributed by atoms with Gasteiger partial charge in [-0.2, -0.15) is 0 Å². The number of aliphatic hydroxyl groups excluding tert-OH is 1. The van der Waals surface area contributed by atoms with Crippen molar-refractivity contribution in [1.82, 2.24) is 0 Å². The van der Waals surface area contributed by atoms with E-state index >= 15 is 0 Å². The van der Waals surface area contributed by atoms with E-state index in [-0.39, 0.29) is 19.2 Å². The summed E-state index contributed by atoms with van der Waals surface area (Å²) in [6, 6.07) is -0.559. The smallest absolute Gasteiger partial charge is 0.328 e. The number of aliphatic hydroxyl groups is 1. The molecule has 0 saturated carbocycles. The van der Waals surface area contributed by atoms with Gasteiger partial charge in [0.2, 0.25) is 0 Å². The molecule has 6 atom stereocenters. The van der Waals surface area contributed by atoms with Crippen molar-refractivity contribution < 1.29 is 37.4 Å². The molecule has 0 radical (unpaired) electrons. The summed E-state index contributed by atoms with van der Waals surface area (Å²) >= 11 is 0. The maximum atomic E-state index is 12.0. The second kappa shape index (κ2) is 5.49. The van der Waals surface area contributed by atoms with Crippen LogP contribution >= 0.6 is 15.2 Å². The Kier molecular flexibility index (Phi) is 4.57. The molecule has 0 amide bonds. The molecule has 2 rings (SSSR count). The molecular weight excluding hydrogens is 309 g/mol. The fourth-order valence-electron chi connectivity index (χ4n) is 2.47. The van der Waals surface area contributed by atoms with Crippen LogP contribution in [0.25, 0.3) is 0 Å². The van der Waals surface area contributed by atoms with Crippen LogP contribution in [0.3, 0.4) is 0 Å². The van der Waals surface area contributed by atoms with Crippen molar-refractivity contribution in [2.24, 2.45) is 0 Å². The highest BCUT2D eigenvalue weighted by Crippen LogP contribution is 2.55. The first-order chi connectivity index (χ1) is 9.11. The lowest BCUT2D eigenvalue weighted by Crippen LogP contribution is -2.50. The van der Waals surface area contributed by atoms with Crippen molar-refractivity contribution in [3.63, 3.8) is 0 Å². The Morgan fingerprint density at radius 1 is 1.55 bits per heavy atom. The van der Waals surface area contributed by atoms with E-state index in [1.165, 1.54) is 13.8 Å². The largest absolute Gasteiger partial charge is 0.388 e. The average molecular weight is 328 g/mol. The zero-order chi connectivity index (χ0) is 15.2. The van der Waals surface area contributed by atoms with Gasteiger partial charge in [0.15, 0.2) is 0 Å². The van der Waals surface area contributed by atoms with E-state index in [1.807, 2.05) is 0 Å². The molecule has 2 saturated heterocycles. The van der Waals surface area contributed by atoms with E-state index in [2.05, 4.69) is 0 Å². The molecule has 11 heteroatoms. The molecule has 0 aromatic rings. The molecule has 0 aliphatic carbocycles. The molecule has 20 heavy (non-hydrogen) atoms. The lowest BCUT2D eigenvalue weighted by atomic mass is 9.88. The van der Waals surface area contributed by atoms with E-state index in [0.717, 1.165) is 0 Å². The molecule has 3 unspecified atom stereocenters. The van der Waals surface area contributed by atoms with Gasteiger partial charge in [-0.05, 0) is 6.42 Å². The van der Waals surface area contributed by atoms with Crippen LogP contribution in [0.1, 0.15) is 6.42 Å². The molecule has 8 nitrogen and oxygen atoms in total. The predicted octanol–water partition coefficient (Wildman–Crippen LogP) is -0.464. The summed E-state index contributed by atoms with van der Waals surface area (Å²) in [5, 5.41) is 10.2. The molecule has 116 valence electrons. The third-order valence-corrected chi connectivity index (χ3v) is 6.29. The molecule has 1 spiro atoms.